The molecule has 0 radical (unpaired) electrons. The van der Waals surface area contributed by atoms with Gasteiger partial charge in [0.15, 0.2) is 11.5 Å². The molecular weight excluding hydrogens is 400 g/mol. The summed E-state index contributed by atoms with van der Waals surface area (Å²) in [6.45, 7) is 2.67. The summed E-state index contributed by atoms with van der Waals surface area (Å²) < 4.78 is 12.7. The van der Waals surface area contributed by atoms with Gasteiger partial charge in [-0.25, -0.2) is 0 Å². The van der Waals surface area contributed by atoms with Crippen LogP contribution in [0.1, 0.15) is 18.1 Å². The number of aromatic nitrogens is 3. The van der Waals surface area contributed by atoms with Crippen LogP contribution in [0.15, 0.2) is 58.6 Å². The SMILES string of the molecule is CCOc1cc(/C=N/n2c(=O)cn[nH]c2=S)ccc1OCc1ccccc1Cl. The molecule has 3 aromatic rings. The molecule has 1 N–H and O–H groups in total. The van der Waals surface area contributed by atoms with Gasteiger partial charge in [-0.2, -0.15) is 14.9 Å². The number of rotatable bonds is 7. The molecule has 0 atom stereocenters. The van der Waals surface area contributed by atoms with Crippen molar-refractivity contribution in [2.75, 3.05) is 6.61 Å². The molecule has 0 unspecified atom stereocenters. The monoisotopic (exact) mass is 416 g/mol. The molecule has 0 saturated heterocycles. The highest BCUT2D eigenvalue weighted by Crippen LogP contribution is 2.29. The van der Waals surface area contributed by atoms with Crippen molar-refractivity contribution in [3.05, 3.63) is 79.9 Å². The topological polar surface area (TPSA) is 81.5 Å². The summed E-state index contributed by atoms with van der Waals surface area (Å²) >= 11 is 11.2. The lowest BCUT2D eigenvalue weighted by Gasteiger charge is -2.13. The molecule has 0 aliphatic carbocycles. The number of ether oxygens (including phenoxy) is 2. The fraction of sp³-hybridized carbons (Fsp3) is 0.158. The number of nitrogens with zero attached hydrogens (tertiary/aromatic N) is 3. The Morgan fingerprint density at radius 2 is 2.07 bits per heavy atom. The van der Waals surface area contributed by atoms with Crippen LogP contribution >= 0.6 is 23.8 Å². The average molecular weight is 417 g/mol. The second-order valence-electron chi connectivity index (χ2n) is 5.59. The molecule has 2 aromatic carbocycles. The average Bonchev–Trinajstić information content (AvgIpc) is 2.68. The van der Waals surface area contributed by atoms with Gasteiger partial charge in [-0.1, -0.05) is 29.8 Å². The van der Waals surface area contributed by atoms with Crippen molar-refractivity contribution in [3.8, 4) is 11.5 Å². The highest BCUT2D eigenvalue weighted by Gasteiger charge is 2.08. The van der Waals surface area contributed by atoms with Crippen molar-refractivity contribution >= 4 is 30.0 Å². The predicted octanol–water partition coefficient (Wildman–Crippen LogP) is 3.81. The zero-order chi connectivity index (χ0) is 19.9. The van der Waals surface area contributed by atoms with Gasteiger partial charge in [0, 0.05) is 10.6 Å². The van der Waals surface area contributed by atoms with E-state index in [-0.39, 0.29) is 4.77 Å². The molecule has 9 heteroatoms. The molecule has 3 rings (SSSR count). The summed E-state index contributed by atoms with van der Waals surface area (Å²) in [6.07, 6.45) is 2.61. The highest BCUT2D eigenvalue weighted by atomic mass is 35.5. The number of aromatic amines is 1. The van der Waals surface area contributed by atoms with E-state index < -0.39 is 5.56 Å². The smallest absolute Gasteiger partial charge is 0.293 e. The number of nitrogens with one attached hydrogen (secondary N) is 1. The molecule has 0 amide bonds. The van der Waals surface area contributed by atoms with E-state index in [1.807, 2.05) is 31.2 Å². The van der Waals surface area contributed by atoms with E-state index in [9.17, 15) is 4.79 Å². The second kappa shape index (κ2) is 9.29. The van der Waals surface area contributed by atoms with E-state index in [1.54, 1.807) is 18.2 Å². The first kappa shape index (κ1) is 19.8. The lowest BCUT2D eigenvalue weighted by molar-refractivity contribution is 0.269. The maximum absolute atomic E-state index is 11.8. The van der Waals surface area contributed by atoms with Crippen LogP contribution < -0.4 is 15.0 Å². The number of benzene rings is 2. The van der Waals surface area contributed by atoms with Crippen LogP contribution in [0.4, 0.5) is 0 Å². The lowest BCUT2D eigenvalue weighted by Crippen LogP contribution is -2.18. The molecule has 0 spiro atoms. The predicted molar refractivity (Wildman–Crippen MR) is 110 cm³/mol. The molecule has 144 valence electrons. The summed E-state index contributed by atoms with van der Waals surface area (Å²) in [6, 6.07) is 12.8. The van der Waals surface area contributed by atoms with Crippen LogP contribution in [0.5, 0.6) is 11.5 Å². The van der Waals surface area contributed by atoms with Gasteiger partial charge < -0.3 is 9.47 Å². The van der Waals surface area contributed by atoms with Gasteiger partial charge >= 0.3 is 0 Å². The Bertz CT molecular complexity index is 1080. The molecule has 0 saturated carbocycles. The van der Waals surface area contributed by atoms with Crippen LogP contribution in [0.3, 0.4) is 0 Å². The Morgan fingerprint density at radius 3 is 2.82 bits per heavy atom. The summed E-state index contributed by atoms with van der Waals surface area (Å²) in [7, 11) is 0. The van der Waals surface area contributed by atoms with Crippen molar-refractivity contribution in [2.45, 2.75) is 13.5 Å². The van der Waals surface area contributed by atoms with Crippen LogP contribution in [-0.4, -0.2) is 27.7 Å². The highest BCUT2D eigenvalue weighted by molar-refractivity contribution is 7.71. The Kier molecular flexibility index (Phi) is 6.57. The van der Waals surface area contributed by atoms with E-state index in [4.69, 9.17) is 33.3 Å². The number of hydrogen-bond acceptors (Lipinski definition) is 6. The second-order valence-corrected chi connectivity index (χ2v) is 6.38. The Morgan fingerprint density at radius 1 is 1.25 bits per heavy atom. The van der Waals surface area contributed by atoms with Gasteiger partial charge in [-0.15, -0.1) is 0 Å². The zero-order valence-electron chi connectivity index (χ0n) is 15.0. The third-order valence-corrected chi connectivity index (χ3v) is 4.30. The first-order valence-electron chi connectivity index (χ1n) is 8.42. The number of H-pyrrole nitrogens is 1. The van der Waals surface area contributed by atoms with Gasteiger partial charge in [0.25, 0.3) is 5.56 Å². The Balaban J connectivity index is 1.82. The van der Waals surface area contributed by atoms with Crippen molar-refractivity contribution in [2.24, 2.45) is 5.10 Å². The summed E-state index contributed by atoms with van der Waals surface area (Å²) in [4.78, 5) is 11.8. The van der Waals surface area contributed by atoms with E-state index >= 15 is 0 Å². The van der Waals surface area contributed by atoms with Crippen LogP contribution in [-0.2, 0) is 6.61 Å². The number of halogens is 1. The summed E-state index contributed by atoms with van der Waals surface area (Å²) in [5, 5.41) is 10.9. The van der Waals surface area contributed by atoms with Crippen molar-refractivity contribution in [1.82, 2.24) is 14.9 Å². The van der Waals surface area contributed by atoms with E-state index in [1.165, 1.54) is 6.21 Å². The molecule has 0 bridgehead atoms. The maximum Gasteiger partial charge on any atom is 0.293 e. The minimum atomic E-state index is -0.426. The molecule has 7 nitrogen and oxygen atoms in total. The summed E-state index contributed by atoms with van der Waals surface area (Å²) in [5.74, 6) is 1.14. The van der Waals surface area contributed by atoms with E-state index in [0.29, 0.717) is 35.3 Å². The minimum absolute atomic E-state index is 0.105. The van der Waals surface area contributed by atoms with E-state index in [0.717, 1.165) is 16.4 Å². The molecular formula is C19H17ClN4O3S. The quantitative estimate of drug-likeness (QED) is 0.467. The molecule has 0 fully saturated rings. The first-order chi connectivity index (χ1) is 13.6. The third-order valence-electron chi connectivity index (χ3n) is 3.67. The zero-order valence-corrected chi connectivity index (χ0v) is 16.5. The van der Waals surface area contributed by atoms with Gasteiger partial charge in [-0.3, -0.25) is 9.89 Å². The van der Waals surface area contributed by atoms with Crippen LogP contribution in [0.2, 0.25) is 5.02 Å². The molecule has 28 heavy (non-hydrogen) atoms. The molecule has 0 aliphatic rings. The standard InChI is InChI=1S/C19H17ClN4O3S/c1-2-26-17-9-13(10-22-24-18(25)11-21-23-19(24)28)7-8-16(17)27-12-14-5-3-4-6-15(14)20/h3-11H,2,12H2,1H3,(H,23,28)/b22-10+. The van der Waals surface area contributed by atoms with Gasteiger partial charge in [-0.05, 0) is 49.0 Å². The Labute approximate surface area is 171 Å². The van der Waals surface area contributed by atoms with E-state index in [2.05, 4.69) is 15.3 Å². The van der Waals surface area contributed by atoms with Gasteiger partial charge in [0.05, 0.1) is 12.8 Å². The van der Waals surface area contributed by atoms with Crippen molar-refractivity contribution < 1.29 is 9.47 Å². The first-order valence-corrected chi connectivity index (χ1v) is 9.21. The maximum atomic E-state index is 11.8. The van der Waals surface area contributed by atoms with Crippen molar-refractivity contribution in [1.29, 1.82) is 0 Å². The summed E-state index contributed by atoms with van der Waals surface area (Å²) in [5.41, 5.74) is 1.17. The molecule has 1 heterocycles. The third kappa shape index (κ3) is 4.85. The fourth-order valence-corrected chi connectivity index (χ4v) is 2.72. The fourth-order valence-electron chi connectivity index (χ4n) is 2.34. The van der Waals surface area contributed by atoms with Gasteiger partial charge in [0.1, 0.15) is 12.8 Å². The normalized spacial score (nSPS) is 10.9. The van der Waals surface area contributed by atoms with Gasteiger partial charge in [0.2, 0.25) is 4.77 Å². The Hall–Kier alpha value is -2.97. The van der Waals surface area contributed by atoms with Crippen LogP contribution in [0, 0.1) is 4.77 Å². The van der Waals surface area contributed by atoms with Crippen LogP contribution in [0.25, 0.3) is 0 Å². The largest absolute Gasteiger partial charge is 0.490 e. The molecule has 0 aliphatic heterocycles. The number of hydrogen-bond donors (Lipinski definition) is 1. The van der Waals surface area contributed by atoms with Crippen molar-refractivity contribution in [3.63, 3.8) is 0 Å². The lowest BCUT2D eigenvalue weighted by atomic mass is 10.2. The minimum Gasteiger partial charge on any atom is -0.490 e. The molecule has 1 aromatic heterocycles.